The molecule has 0 bridgehead atoms. The Bertz CT molecular complexity index is 425. The minimum Gasteiger partial charge on any atom is -0.493 e. The summed E-state index contributed by atoms with van der Waals surface area (Å²) in [5.74, 6) is 1.36. The van der Waals surface area contributed by atoms with Crippen LogP contribution in [0.2, 0.25) is 0 Å². The molecule has 19 heavy (non-hydrogen) atoms. The van der Waals surface area contributed by atoms with Crippen LogP contribution in [0.15, 0.2) is 18.2 Å². The van der Waals surface area contributed by atoms with Crippen molar-refractivity contribution in [3.63, 3.8) is 0 Å². The molecule has 1 fully saturated rings. The summed E-state index contributed by atoms with van der Waals surface area (Å²) in [6, 6.07) is 5.45. The van der Waals surface area contributed by atoms with Crippen LogP contribution in [0, 0.1) is 0 Å². The van der Waals surface area contributed by atoms with E-state index in [-0.39, 0.29) is 12.6 Å². The van der Waals surface area contributed by atoms with Crippen LogP contribution in [0.4, 0.5) is 0 Å². The normalized spacial score (nSPS) is 21.4. The lowest BCUT2D eigenvalue weighted by molar-refractivity contribution is 0.184. The maximum absolute atomic E-state index is 9.73. The Kier molecular flexibility index (Phi) is 4.63. The number of nitrogens with two attached hydrogens (primary N) is 1. The first-order valence-electron chi connectivity index (χ1n) is 6.55. The van der Waals surface area contributed by atoms with Gasteiger partial charge in [-0.05, 0) is 31.2 Å². The fourth-order valence-corrected chi connectivity index (χ4v) is 2.30. The lowest BCUT2D eigenvalue weighted by Gasteiger charge is -2.18. The maximum Gasteiger partial charge on any atom is 0.161 e. The van der Waals surface area contributed by atoms with E-state index in [1.54, 1.807) is 13.2 Å². The molecule has 106 valence electrons. The standard InChI is InChI=1S/C14H22N2O3/c1-16-6-5-11(9-16)19-13-4-3-10(12(17)8-15)7-14(13)18-2/h3-4,7,11-12,17H,5-6,8-9,15H2,1-2H3. The number of methoxy groups -OCH3 is 1. The Balaban J connectivity index is 2.12. The zero-order chi connectivity index (χ0) is 13.8. The van der Waals surface area contributed by atoms with Gasteiger partial charge in [-0.1, -0.05) is 6.07 Å². The van der Waals surface area contributed by atoms with Crippen molar-refractivity contribution in [1.29, 1.82) is 0 Å². The molecule has 1 heterocycles. The molecule has 0 aromatic heterocycles. The van der Waals surface area contributed by atoms with Crippen molar-refractivity contribution < 1.29 is 14.6 Å². The van der Waals surface area contributed by atoms with Gasteiger partial charge in [-0.15, -0.1) is 0 Å². The van der Waals surface area contributed by atoms with E-state index in [0.717, 1.165) is 30.8 Å². The van der Waals surface area contributed by atoms with E-state index < -0.39 is 6.10 Å². The Morgan fingerprint density at radius 1 is 1.47 bits per heavy atom. The molecule has 5 heteroatoms. The van der Waals surface area contributed by atoms with Crippen LogP contribution < -0.4 is 15.2 Å². The number of likely N-dealkylation sites (tertiary alicyclic amines) is 1. The van der Waals surface area contributed by atoms with Gasteiger partial charge in [0, 0.05) is 19.6 Å². The van der Waals surface area contributed by atoms with E-state index in [0.29, 0.717) is 5.75 Å². The smallest absolute Gasteiger partial charge is 0.161 e. The highest BCUT2D eigenvalue weighted by Crippen LogP contribution is 2.32. The summed E-state index contributed by atoms with van der Waals surface area (Å²) in [6.45, 7) is 2.17. The third kappa shape index (κ3) is 3.37. The largest absolute Gasteiger partial charge is 0.493 e. The molecule has 2 atom stereocenters. The van der Waals surface area contributed by atoms with Crippen LogP contribution in [-0.4, -0.2) is 49.9 Å². The van der Waals surface area contributed by atoms with E-state index in [2.05, 4.69) is 11.9 Å². The predicted octanol–water partition coefficient (Wildman–Crippen LogP) is 0.770. The van der Waals surface area contributed by atoms with Gasteiger partial charge in [0.2, 0.25) is 0 Å². The first-order valence-corrected chi connectivity index (χ1v) is 6.55. The zero-order valence-electron chi connectivity index (χ0n) is 11.5. The van der Waals surface area contributed by atoms with Crippen molar-refractivity contribution in [2.45, 2.75) is 18.6 Å². The van der Waals surface area contributed by atoms with Gasteiger partial charge in [0.1, 0.15) is 6.10 Å². The fourth-order valence-electron chi connectivity index (χ4n) is 2.30. The van der Waals surface area contributed by atoms with Gasteiger partial charge < -0.3 is 25.2 Å². The van der Waals surface area contributed by atoms with Crippen molar-refractivity contribution in [3.8, 4) is 11.5 Å². The number of benzene rings is 1. The zero-order valence-corrected chi connectivity index (χ0v) is 11.5. The Morgan fingerprint density at radius 3 is 2.84 bits per heavy atom. The van der Waals surface area contributed by atoms with Crippen molar-refractivity contribution in [1.82, 2.24) is 4.90 Å². The Hall–Kier alpha value is -1.30. The number of ether oxygens (including phenoxy) is 2. The summed E-state index contributed by atoms with van der Waals surface area (Å²) in [7, 11) is 3.68. The molecule has 1 aliphatic heterocycles. The van der Waals surface area contributed by atoms with Crippen molar-refractivity contribution in [2.24, 2.45) is 5.73 Å². The van der Waals surface area contributed by atoms with Gasteiger partial charge in [-0.2, -0.15) is 0 Å². The molecular weight excluding hydrogens is 244 g/mol. The molecule has 1 aromatic rings. The van der Waals surface area contributed by atoms with Crippen LogP contribution in [0.5, 0.6) is 11.5 Å². The second kappa shape index (κ2) is 6.23. The highest BCUT2D eigenvalue weighted by Gasteiger charge is 2.22. The fraction of sp³-hybridized carbons (Fsp3) is 0.571. The van der Waals surface area contributed by atoms with Crippen LogP contribution in [0.3, 0.4) is 0 Å². The van der Waals surface area contributed by atoms with Crippen LogP contribution in [0.1, 0.15) is 18.1 Å². The van der Waals surface area contributed by atoms with E-state index in [9.17, 15) is 5.11 Å². The number of likely N-dealkylation sites (N-methyl/N-ethyl adjacent to an activating group) is 1. The molecule has 0 radical (unpaired) electrons. The molecule has 2 unspecified atom stereocenters. The molecule has 1 aliphatic rings. The Labute approximate surface area is 113 Å². The summed E-state index contributed by atoms with van der Waals surface area (Å²) in [5, 5.41) is 9.73. The van der Waals surface area contributed by atoms with Gasteiger partial charge >= 0.3 is 0 Å². The van der Waals surface area contributed by atoms with Crippen LogP contribution >= 0.6 is 0 Å². The molecule has 0 aliphatic carbocycles. The van der Waals surface area contributed by atoms with Crippen LogP contribution in [-0.2, 0) is 0 Å². The monoisotopic (exact) mass is 266 g/mol. The third-order valence-corrected chi connectivity index (χ3v) is 3.44. The van der Waals surface area contributed by atoms with Crippen molar-refractivity contribution >= 4 is 0 Å². The molecule has 5 nitrogen and oxygen atoms in total. The summed E-state index contributed by atoms with van der Waals surface area (Å²) in [4.78, 5) is 2.24. The lowest BCUT2D eigenvalue weighted by Crippen LogP contribution is -2.21. The van der Waals surface area contributed by atoms with Crippen molar-refractivity contribution in [2.75, 3.05) is 33.8 Å². The van der Waals surface area contributed by atoms with Gasteiger partial charge in [0.15, 0.2) is 11.5 Å². The molecule has 0 saturated carbocycles. The summed E-state index contributed by atoms with van der Waals surface area (Å²) >= 11 is 0. The highest BCUT2D eigenvalue weighted by molar-refractivity contribution is 5.43. The molecule has 0 spiro atoms. The second-order valence-corrected chi connectivity index (χ2v) is 4.95. The topological polar surface area (TPSA) is 68.0 Å². The van der Waals surface area contributed by atoms with E-state index in [4.69, 9.17) is 15.2 Å². The molecule has 3 N–H and O–H groups in total. The van der Waals surface area contributed by atoms with Gasteiger partial charge in [-0.3, -0.25) is 0 Å². The minimum atomic E-state index is -0.666. The maximum atomic E-state index is 9.73. The second-order valence-electron chi connectivity index (χ2n) is 4.95. The number of aliphatic hydroxyl groups is 1. The molecule has 1 saturated heterocycles. The molecule has 0 amide bonds. The predicted molar refractivity (Wildman–Crippen MR) is 73.5 cm³/mol. The quantitative estimate of drug-likeness (QED) is 0.824. The average molecular weight is 266 g/mol. The molecule has 1 aromatic carbocycles. The summed E-state index contributed by atoms with van der Waals surface area (Å²) in [5.41, 5.74) is 6.20. The van der Waals surface area contributed by atoms with Crippen molar-refractivity contribution in [3.05, 3.63) is 23.8 Å². The molecular formula is C14H22N2O3. The number of rotatable bonds is 5. The first-order chi connectivity index (χ1) is 9.13. The number of nitrogens with zero attached hydrogens (tertiary/aromatic N) is 1. The average Bonchev–Trinajstić information content (AvgIpc) is 2.83. The number of hydrogen-bond acceptors (Lipinski definition) is 5. The lowest BCUT2D eigenvalue weighted by atomic mass is 10.1. The SMILES string of the molecule is COc1cc(C(O)CN)ccc1OC1CCN(C)C1. The van der Waals surface area contributed by atoms with Crippen LogP contribution in [0.25, 0.3) is 0 Å². The summed E-state index contributed by atoms with van der Waals surface area (Å²) < 4.78 is 11.3. The number of hydrogen-bond donors (Lipinski definition) is 2. The highest BCUT2D eigenvalue weighted by atomic mass is 16.5. The minimum absolute atomic E-state index is 0.191. The number of aliphatic hydroxyl groups excluding tert-OH is 1. The third-order valence-electron chi connectivity index (χ3n) is 3.44. The summed E-state index contributed by atoms with van der Waals surface area (Å²) in [6.07, 6.45) is 0.553. The van der Waals surface area contributed by atoms with Gasteiger partial charge in [0.05, 0.1) is 13.2 Å². The first kappa shape index (κ1) is 14.1. The molecule has 2 rings (SSSR count). The van der Waals surface area contributed by atoms with Gasteiger partial charge in [-0.25, -0.2) is 0 Å². The van der Waals surface area contributed by atoms with E-state index in [1.165, 1.54) is 0 Å². The van der Waals surface area contributed by atoms with E-state index >= 15 is 0 Å². The van der Waals surface area contributed by atoms with Gasteiger partial charge in [0.25, 0.3) is 0 Å². The Morgan fingerprint density at radius 2 is 2.26 bits per heavy atom. The van der Waals surface area contributed by atoms with E-state index in [1.807, 2.05) is 12.1 Å².